The molecule has 1 heterocycles. The smallest absolute Gasteiger partial charge is 0.197 e. The van der Waals surface area contributed by atoms with Crippen LogP contribution in [0.1, 0.15) is 11.3 Å². The molecule has 3 aromatic carbocycles. The molecule has 0 saturated heterocycles. The highest BCUT2D eigenvalue weighted by atomic mass is 32.2. The summed E-state index contributed by atoms with van der Waals surface area (Å²) in [6.45, 7) is 0.445. The van der Waals surface area contributed by atoms with Gasteiger partial charge in [0.1, 0.15) is 18.2 Å². The van der Waals surface area contributed by atoms with Crippen LogP contribution in [0.15, 0.2) is 115 Å². The predicted octanol–water partition coefficient (Wildman–Crippen LogP) is 8.95. The van der Waals surface area contributed by atoms with Crippen molar-refractivity contribution in [2.24, 2.45) is 4.40 Å². The molecule has 2 nitrogen and oxygen atoms in total. The number of thiophene rings is 1. The Morgan fingerprint density at radius 1 is 0.765 bits per heavy atom. The lowest BCUT2D eigenvalue weighted by Gasteiger charge is -2.18. The molecule has 34 heavy (non-hydrogen) atoms. The minimum atomic E-state index is -0.270. The molecule has 0 aliphatic rings. The SMILES string of the molecule is Fc1ccc(SC(C/C(=N/Sc2ccccc2)OCc2cccs2)Sc2ccc(F)cc2)cc1. The van der Waals surface area contributed by atoms with Gasteiger partial charge in [0.15, 0.2) is 5.90 Å². The lowest BCUT2D eigenvalue weighted by Crippen LogP contribution is -2.11. The van der Waals surface area contributed by atoms with Crippen LogP contribution in [0.2, 0.25) is 0 Å². The fraction of sp³-hybridized carbons (Fsp3) is 0.115. The van der Waals surface area contributed by atoms with Gasteiger partial charge in [0.2, 0.25) is 0 Å². The van der Waals surface area contributed by atoms with Crippen LogP contribution in [0.4, 0.5) is 8.78 Å². The summed E-state index contributed by atoms with van der Waals surface area (Å²) < 4.78 is 37.7. The highest BCUT2D eigenvalue weighted by molar-refractivity contribution is 8.17. The summed E-state index contributed by atoms with van der Waals surface area (Å²) in [6, 6.07) is 26.8. The van der Waals surface area contributed by atoms with E-state index in [9.17, 15) is 8.78 Å². The average molecular weight is 530 g/mol. The zero-order valence-corrected chi connectivity index (χ0v) is 21.2. The van der Waals surface area contributed by atoms with Gasteiger partial charge in [-0.3, -0.25) is 0 Å². The first-order chi connectivity index (χ1) is 16.6. The largest absolute Gasteiger partial charge is 0.475 e. The first-order valence-electron chi connectivity index (χ1n) is 10.4. The van der Waals surface area contributed by atoms with Gasteiger partial charge in [-0.1, -0.05) is 24.3 Å². The maximum absolute atomic E-state index is 13.4. The van der Waals surface area contributed by atoms with Gasteiger partial charge in [0.25, 0.3) is 0 Å². The lowest BCUT2D eigenvalue weighted by atomic mass is 10.3. The van der Waals surface area contributed by atoms with E-state index in [1.54, 1.807) is 59.1 Å². The van der Waals surface area contributed by atoms with Gasteiger partial charge < -0.3 is 4.74 Å². The predicted molar refractivity (Wildman–Crippen MR) is 142 cm³/mol. The van der Waals surface area contributed by atoms with E-state index in [4.69, 9.17) is 9.13 Å². The van der Waals surface area contributed by atoms with Gasteiger partial charge in [-0.25, -0.2) is 8.78 Å². The first kappa shape index (κ1) is 24.9. The third-order valence-corrected chi connectivity index (χ3v) is 8.61. The number of halogens is 2. The van der Waals surface area contributed by atoms with E-state index in [1.807, 2.05) is 47.8 Å². The fourth-order valence-corrected chi connectivity index (χ4v) is 6.57. The molecule has 0 fully saturated rings. The van der Waals surface area contributed by atoms with Crippen LogP contribution in [0.25, 0.3) is 0 Å². The number of hydrogen-bond donors (Lipinski definition) is 0. The topological polar surface area (TPSA) is 21.6 Å². The maximum atomic E-state index is 13.4. The molecule has 0 spiro atoms. The van der Waals surface area contributed by atoms with Crippen molar-refractivity contribution in [3.05, 3.63) is 113 Å². The minimum Gasteiger partial charge on any atom is -0.475 e. The Balaban J connectivity index is 1.54. The number of nitrogens with zero attached hydrogens (tertiary/aromatic N) is 1. The van der Waals surface area contributed by atoms with E-state index in [-0.39, 0.29) is 16.2 Å². The summed E-state index contributed by atoms with van der Waals surface area (Å²) in [5, 5.41) is 2.02. The van der Waals surface area contributed by atoms with Crippen LogP contribution in [0.3, 0.4) is 0 Å². The second-order valence-electron chi connectivity index (χ2n) is 7.03. The molecule has 0 aliphatic carbocycles. The first-order valence-corrected chi connectivity index (χ1v) is 13.8. The normalized spacial score (nSPS) is 11.7. The summed E-state index contributed by atoms with van der Waals surface area (Å²) in [7, 11) is 0. The molecule has 0 amide bonds. The zero-order chi connectivity index (χ0) is 23.6. The number of thioether (sulfide) groups is 2. The van der Waals surface area contributed by atoms with Crippen LogP contribution in [-0.2, 0) is 11.3 Å². The van der Waals surface area contributed by atoms with E-state index >= 15 is 0 Å². The molecular weight excluding hydrogens is 509 g/mol. The molecule has 4 rings (SSSR count). The molecule has 0 bridgehead atoms. The van der Waals surface area contributed by atoms with Gasteiger partial charge in [-0.2, -0.15) is 4.40 Å². The van der Waals surface area contributed by atoms with Crippen LogP contribution >= 0.6 is 46.8 Å². The van der Waals surface area contributed by atoms with E-state index in [1.165, 1.54) is 36.2 Å². The second kappa shape index (κ2) is 13.0. The minimum absolute atomic E-state index is 0.0191. The monoisotopic (exact) mass is 529 g/mol. The quantitative estimate of drug-likeness (QED) is 0.0672. The zero-order valence-electron chi connectivity index (χ0n) is 18.0. The third kappa shape index (κ3) is 8.20. The summed E-state index contributed by atoms with van der Waals surface area (Å²) in [6.07, 6.45) is 0.537. The van der Waals surface area contributed by atoms with Crippen LogP contribution in [-0.4, -0.2) is 10.5 Å². The highest BCUT2D eigenvalue weighted by Crippen LogP contribution is 2.38. The van der Waals surface area contributed by atoms with Crippen molar-refractivity contribution in [2.45, 2.75) is 32.3 Å². The fourth-order valence-electron chi connectivity index (χ4n) is 2.84. The van der Waals surface area contributed by atoms with Gasteiger partial charge in [0.05, 0.1) is 4.58 Å². The molecule has 174 valence electrons. The second-order valence-corrected chi connectivity index (χ2v) is 11.8. The van der Waals surface area contributed by atoms with Crippen molar-refractivity contribution in [2.75, 3.05) is 0 Å². The number of hydrogen-bond acceptors (Lipinski definition) is 6. The molecule has 1 aromatic heterocycles. The van der Waals surface area contributed by atoms with Crippen LogP contribution in [0, 0.1) is 11.6 Å². The molecular formula is C26H21F2NOS4. The van der Waals surface area contributed by atoms with Crippen LogP contribution < -0.4 is 0 Å². The Kier molecular flexibility index (Phi) is 9.50. The molecule has 0 radical (unpaired) electrons. The number of benzene rings is 3. The van der Waals surface area contributed by atoms with Gasteiger partial charge in [-0.05, 0) is 72.1 Å². The highest BCUT2D eigenvalue weighted by Gasteiger charge is 2.18. The molecule has 0 unspecified atom stereocenters. The third-order valence-electron chi connectivity index (χ3n) is 4.46. The Morgan fingerprint density at radius 3 is 1.94 bits per heavy atom. The molecule has 8 heteroatoms. The van der Waals surface area contributed by atoms with Crippen molar-refractivity contribution in [1.82, 2.24) is 0 Å². The summed E-state index contributed by atoms with van der Waals surface area (Å²) in [5.74, 6) is 0.0808. The maximum Gasteiger partial charge on any atom is 0.197 e. The van der Waals surface area contributed by atoms with E-state index < -0.39 is 0 Å². The molecule has 0 N–H and O–H groups in total. The Hall–Kier alpha value is -2.26. The standard InChI is InChI=1S/C26H21F2NOS4/c27-19-8-12-21(13-9-19)32-26(33-22-14-10-20(28)11-15-22)17-25(30-18-24-7-4-16-31-24)29-34-23-5-2-1-3-6-23/h1-16,26H,17-18H2/b29-25-. The Bertz CT molecular complexity index is 1120. The van der Waals surface area contributed by atoms with Crippen molar-refractivity contribution < 1.29 is 13.5 Å². The van der Waals surface area contributed by atoms with Crippen molar-refractivity contribution >= 4 is 52.7 Å². The molecule has 4 aromatic rings. The van der Waals surface area contributed by atoms with E-state index in [2.05, 4.69) is 0 Å². The molecule has 0 aliphatic heterocycles. The Labute approximate surface area is 215 Å². The van der Waals surface area contributed by atoms with E-state index in [0.717, 1.165) is 19.6 Å². The van der Waals surface area contributed by atoms with Crippen LogP contribution in [0.5, 0.6) is 0 Å². The number of rotatable bonds is 10. The van der Waals surface area contributed by atoms with Gasteiger partial charge in [-0.15, -0.1) is 34.9 Å². The van der Waals surface area contributed by atoms with Crippen molar-refractivity contribution in [1.29, 1.82) is 0 Å². The summed E-state index contributed by atoms with van der Waals surface area (Å²) >= 11 is 6.22. The number of ether oxygens (including phenoxy) is 1. The summed E-state index contributed by atoms with van der Waals surface area (Å²) in [5.41, 5.74) is 0. The van der Waals surface area contributed by atoms with E-state index in [0.29, 0.717) is 18.9 Å². The summed E-state index contributed by atoms with van der Waals surface area (Å²) in [4.78, 5) is 4.02. The molecule has 0 saturated carbocycles. The van der Waals surface area contributed by atoms with Crippen molar-refractivity contribution in [3.8, 4) is 0 Å². The lowest BCUT2D eigenvalue weighted by molar-refractivity contribution is 0.289. The molecule has 0 atom stereocenters. The Morgan fingerprint density at radius 2 is 1.38 bits per heavy atom. The average Bonchev–Trinajstić information content (AvgIpc) is 3.38. The van der Waals surface area contributed by atoms with Crippen molar-refractivity contribution in [3.63, 3.8) is 0 Å². The van der Waals surface area contributed by atoms with Gasteiger partial charge in [0, 0.05) is 37.9 Å². The van der Waals surface area contributed by atoms with Gasteiger partial charge >= 0.3 is 0 Å².